The lowest BCUT2D eigenvalue weighted by atomic mass is 10.1. The average Bonchev–Trinajstić information content (AvgIpc) is 3.65. The molecule has 7 heteroatoms. The molecule has 0 fully saturated rings. The topological polar surface area (TPSA) is 82.5 Å². The molecule has 4 aromatic heterocycles. The second-order valence-corrected chi connectivity index (χ2v) is 10.6. The molecule has 9 rings (SSSR count). The first-order valence-corrected chi connectivity index (χ1v) is 14.3. The Morgan fingerprint density at radius 3 is 1.95 bits per heavy atom. The molecule has 0 aliphatic carbocycles. The van der Waals surface area contributed by atoms with E-state index in [-0.39, 0.29) is 0 Å². The Hall–Kier alpha value is -6.21. The molecular weight excluding hydrogens is 544 g/mol. The van der Waals surface area contributed by atoms with Gasteiger partial charge in [-0.05, 0) is 30.3 Å². The van der Waals surface area contributed by atoms with Gasteiger partial charge in [-0.25, -0.2) is 24.9 Å². The van der Waals surface area contributed by atoms with Gasteiger partial charge < -0.3 is 8.98 Å². The van der Waals surface area contributed by atoms with E-state index in [0.29, 0.717) is 17.5 Å². The van der Waals surface area contributed by atoms with E-state index < -0.39 is 0 Å². The van der Waals surface area contributed by atoms with E-state index in [4.69, 9.17) is 24.4 Å². The first-order chi connectivity index (χ1) is 21.8. The van der Waals surface area contributed by atoms with Crippen molar-refractivity contribution in [3.05, 3.63) is 134 Å². The van der Waals surface area contributed by atoms with Crippen LogP contribution in [-0.2, 0) is 0 Å². The third kappa shape index (κ3) is 3.80. The fourth-order valence-electron chi connectivity index (χ4n) is 6.03. The van der Waals surface area contributed by atoms with Gasteiger partial charge in [0.15, 0.2) is 17.5 Å². The van der Waals surface area contributed by atoms with Crippen LogP contribution in [0.15, 0.2) is 138 Å². The Labute approximate surface area is 251 Å². The number of aromatic nitrogens is 6. The standard InChI is InChI=1S/C37H22N6O/c1-3-10-23(11-4-1)35-40-36(24-12-5-2-6-13-24)42-37(41-35)25-14-9-15-26(20-25)43-29-21-38-22-39-33(29)28-18-19-31-32(34(28)43)27-16-7-8-17-30(27)44-31/h1-22H. The summed E-state index contributed by atoms with van der Waals surface area (Å²) >= 11 is 0. The second kappa shape index (κ2) is 9.68. The van der Waals surface area contributed by atoms with Crippen molar-refractivity contribution in [2.24, 2.45) is 0 Å². The molecule has 0 aliphatic heterocycles. The number of rotatable bonds is 4. The lowest BCUT2D eigenvalue weighted by molar-refractivity contribution is 0.669. The highest BCUT2D eigenvalue weighted by Crippen LogP contribution is 2.40. The van der Waals surface area contributed by atoms with Crippen LogP contribution in [0.5, 0.6) is 0 Å². The molecule has 0 unspecified atom stereocenters. The molecule has 0 aliphatic rings. The van der Waals surface area contributed by atoms with Crippen LogP contribution in [0.1, 0.15) is 0 Å². The van der Waals surface area contributed by atoms with Crippen molar-refractivity contribution in [2.45, 2.75) is 0 Å². The van der Waals surface area contributed by atoms with Crippen molar-refractivity contribution in [2.75, 3.05) is 0 Å². The molecule has 0 atom stereocenters. The molecule has 5 aromatic carbocycles. The Bertz CT molecular complexity index is 2440. The van der Waals surface area contributed by atoms with Crippen LogP contribution >= 0.6 is 0 Å². The fraction of sp³-hybridized carbons (Fsp3) is 0. The first-order valence-electron chi connectivity index (χ1n) is 14.3. The number of hydrogen-bond acceptors (Lipinski definition) is 6. The molecule has 0 spiro atoms. The van der Waals surface area contributed by atoms with Gasteiger partial charge in [0.25, 0.3) is 0 Å². The van der Waals surface area contributed by atoms with E-state index in [1.807, 2.05) is 103 Å². The monoisotopic (exact) mass is 566 g/mol. The van der Waals surface area contributed by atoms with Gasteiger partial charge in [-0.1, -0.05) is 91.0 Å². The molecule has 206 valence electrons. The maximum atomic E-state index is 6.27. The molecule has 0 radical (unpaired) electrons. The Morgan fingerprint density at radius 2 is 1.20 bits per heavy atom. The van der Waals surface area contributed by atoms with Gasteiger partial charge in [-0.15, -0.1) is 0 Å². The lowest BCUT2D eigenvalue weighted by Crippen LogP contribution is -2.01. The molecule has 44 heavy (non-hydrogen) atoms. The van der Waals surface area contributed by atoms with Crippen LogP contribution in [0, 0.1) is 0 Å². The van der Waals surface area contributed by atoms with Crippen molar-refractivity contribution in [1.82, 2.24) is 29.5 Å². The van der Waals surface area contributed by atoms with Crippen LogP contribution in [0.2, 0.25) is 0 Å². The maximum Gasteiger partial charge on any atom is 0.164 e. The Kier molecular flexibility index (Phi) is 5.36. The molecule has 4 heterocycles. The minimum absolute atomic E-state index is 0.593. The van der Waals surface area contributed by atoms with Crippen molar-refractivity contribution < 1.29 is 4.42 Å². The van der Waals surface area contributed by atoms with E-state index in [1.165, 1.54) is 0 Å². The molecular formula is C37H22N6O. The summed E-state index contributed by atoms with van der Waals surface area (Å²) in [6.45, 7) is 0. The highest BCUT2D eigenvalue weighted by molar-refractivity contribution is 6.23. The number of fused-ring (bicyclic) bond motifs is 7. The summed E-state index contributed by atoms with van der Waals surface area (Å²) in [6.07, 6.45) is 3.47. The number of nitrogens with zero attached hydrogens (tertiary/aromatic N) is 6. The highest BCUT2D eigenvalue weighted by Gasteiger charge is 2.20. The van der Waals surface area contributed by atoms with Gasteiger partial charge in [0.1, 0.15) is 17.5 Å². The quantitative estimate of drug-likeness (QED) is 0.212. The average molecular weight is 567 g/mol. The van der Waals surface area contributed by atoms with Crippen molar-refractivity contribution in [3.63, 3.8) is 0 Å². The molecule has 7 nitrogen and oxygen atoms in total. The Morgan fingerprint density at radius 1 is 0.545 bits per heavy atom. The van der Waals surface area contributed by atoms with Crippen LogP contribution in [-0.4, -0.2) is 29.5 Å². The van der Waals surface area contributed by atoms with E-state index in [9.17, 15) is 0 Å². The van der Waals surface area contributed by atoms with Gasteiger partial charge >= 0.3 is 0 Å². The molecule has 0 saturated heterocycles. The van der Waals surface area contributed by atoms with E-state index >= 15 is 0 Å². The molecule has 0 saturated carbocycles. The summed E-state index contributed by atoms with van der Waals surface area (Å²) in [5.74, 6) is 1.84. The molecule has 0 N–H and O–H groups in total. The largest absolute Gasteiger partial charge is 0.456 e. The normalized spacial score (nSPS) is 11.6. The van der Waals surface area contributed by atoms with E-state index in [0.717, 1.165) is 66.3 Å². The highest BCUT2D eigenvalue weighted by atomic mass is 16.3. The predicted molar refractivity (Wildman–Crippen MR) is 173 cm³/mol. The van der Waals surface area contributed by atoms with Gasteiger partial charge in [0.05, 0.1) is 28.1 Å². The van der Waals surface area contributed by atoms with Crippen LogP contribution in [0.25, 0.3) is 83.7 Å². The van der Waals surface area contributed by atoms with Crippen LogP contribution in [0.3, 0.4) is 0 Å². The fourth-order valence-corrected chi connectivity index (χ4v) is 6.03. The lowest BCUT2D eigenvalue weighted by Gasteiger charge is -2.11. The third-order valence-corrected chi connectivity index (χ3v) is 7.99. The van der Waals surface area contributed by atoms with Crippen molar-refractivity contribution >= 4 is 43.9 Å². The smallest absolute Gasteiger partial charge is 0.164 e. The summed E-state index contributed by atoms with van der Waals surface area (Å²) in [7, 11) is 0. The van der Waals surface area contributed by atoms with Crippen LogP contribution < -0.4 is 0 Å². The van der Waals surface area contributed by atoms with Crippen LogP contribution in [0.4, 0.5) is 0 Å². The van der Waals surface area contributed by atoms with Crippen molar-refractivity contribution in [1.29, 1.82) is 0 Å². The zero-order valence-corrected chi connectivity index (χ0v) is 23.3. The molecule has 9 aromatic rings. The second-order valence-electron chi connectivity index (χ2n) is 10.6. The van der Waals surface area contributed by atoms with E-state index in [2.05, 4.69) is 33.8 Å². The zero-order chi connectivity index (χ0) is 29.0. The minimum atomic E-state index is 0.593. The molecule has 0 amide bonds. The first kappa shape index (κ1) is 24.4. The number of para-hydroxylation sites is 1. The maximum absolute atomic E-state index is 6.27. The van der Waals surface area contributed by atoms with Gasteiger partial charge in [0, 0.05) is 33.2 Å². The summed E-state index contributed by atoms with van der Waals surface area (Å²) in [5, 5.41) is 3.13. The summed E-state index contributed by atoms with van der Waals surface area (Å²) in [5.41, 5.74) is 8.15. The SMILES string of the molecule is c1ccc(-c2nc(-c3ccccc3)nc(-c3cccc(-n4c5cncnc5c5ccc6oc7ccccc7c6c54)c3)n2)cc1. The van der Waals surface area contributed by atoms with E-state index in [1.54, 1.807) is 6.33 Å². The number of hydrogen-bond donors (Lipinski definition) is 0. The summed E-state index contributed by atoms with van der Waals surface area (Å²) in [6, 6.07) is 40.5. The predicted octanol–water partition coefficient (Wildman–Crippen LogP) is 8.66. The minimum Gasteiger partial charge on any atom is -0.456 e. The summed E-state index contributed by atoms with van der Waals surface area (Å²) in [4.78, 5) is 23.9. The Balaban J connectivity index is 1.31. The zero-order valence-electron chi connectivity index (χ0n) is 23.3. The summed E-state index contributed by atoms with van der Waals surface area (Å²) < 4.78 is 8.49. The van der Waals surface area contributed by atoms with Gasteiger partial charge in [0.2, 0.25) is 0 Å². The molecule has 0 bridgehead atoms. The van der Waals surface area contributed by atoms with Crippen molar-refractivity contribution in [3.8, 4) is 39.9 Å². The van der Waals surface area contributed by atoms with Gasteiger partial charge in [-0.2, -0.15) is 0 Å². The number of benzene rings is 5. The third-order valence-electron chi connectivity index (χ3n) is 7.99. The van der Waals surface area contributed by atoms with Gasteiger partial charge in [-0.3, -0.25) is 0 Å². The number of furan rings is 1.